The molecule has 1 aliphatic carbocycles. The van der Waals surface area contributed by atoms with Crippen LogP contribution in [0, 0.1) is 17.7 Å². The van der Waals surface area contributed by atoms with E-state index in [2.05, 4.69) is 10.0 Å². The molecule has 0 radical (unpaired) electrons. The Kier molecular flexibility index (Phi) is 6.62. The van der Waals surface area contributed by atoms with E-state index in [9.17, 15) is 17.6 Å². The van der Waals surface area contributed by atoms with Gasteiger partial charge in [-0.15, -0.1) is 11.3 Å². The van der Waals surface area contributed by atoms with Gasteiger partial charge in [0.25, 0.3) is 0 Å². The summed E-state index contributed by atoms with van der Waals surface area (Å²) < 4.78 is 40.2. The fourth-order valence-electron chi connectivity index (χ4n) is 3.28. The lowest BCUT2D eigenvalue weighted by atomic mass is 9.81. The number of amides is 1. The standard InChI is InChI=1S/C19H23FN2O3S2/c20-17-9-5-14(6-10-17)12-21-19(23)16-7-3-15(4-8-16)13-22-27(24,25)18-2-1-11-26-18/h1-2,5-6,9-11,15-16,22H,3-4,7-8,12-13H2,(H,21,23). The molecule has 0 atom stereocenters. The molecule has 1 fully saturated rings. The minimum atomic E-state index is -3.43. The van der Waals surface area contributed by atoms with Crippen molar-refractivity contribution in [3.8, 4) is 0 Å². The van der Waals surface area contributed by atoms with Crippen LogP contribution in [0.15, 0.2) is 46.0 Å². The van der Waals surface area contributed by atoms with Gasteiger partial charge in [-0.2, -0.15) is 0 Å². The molecule has 1 saturated carbocycles. The largest absolute Gasteiger partial charge is 0.352 e. The van der Waals surface area contributed by atoms with E-state index in [1.165, 1.54) is 23.5 Å². The van der Waals surface area contributed by atoms with Gasteiger partial charge in [0.15, 0.2) is 0 Å². The molecule has 0 spiro atoms. The monoisotopic (exact) mass is 410 g/mol. The summed E-state index contributed by atoms with van der Waals surface area (Å²) in [6.07, 6.45) is 3.14. The molecule has 3 rings (SSSR count). The highest BCUT2D eigenvalue weighted by atomic mass is 32.2. The number of carbonyl (C=O) groups is 1. The minimum absolute atomic E-state index is 0.0111. The van der Waals surface area contributed by atoms with Crippen LogP contribution in [0.1, 0.15) is 31.2 Å². The molecule has 0 bridgehead atoms. The molecule has 2 aromatic rings. The summed E-state index contributed by atoms with van der Waals surface area (Å²) in [5, 5.41) is 4.65. The minimum Gasteiger partial charge on any atom is -0.352 e. The van der Waals surface area contributed by atoms with Crippen LogP contribution in [-0.4, -0.2) is 20.9 Å². The van der Waals surface area contributed by atoms with Gasteiger partial charge in [-0.25, -0.2) is 17.5 Å². The predicted octanol–water partition coefficient (Wildman–Crippen LogP) is 3.29. The molecule has 27 heavy (non-hydrogen) atoms. The molecule has 1 amide bonds. The van der Waals surface area contributed by atoms with Crippen molar-refractivity contribution in [1.82, 2.24) is 10.0 Å². The molecule has 2 N–H and O–H groups in total. The average Bonchev–Trinajstić information content (AvgIpc) is 3.22. The van der Waals surface area contributed by atoms with Gasteiger partial charge in [0.05, 0.1) is 0 Å². The first-order valence-electron chi connectivity index (χ1n) is 8.99. The zero-order chi connectivity index (χ0) is 19.3. The second-order valence-electron chi connectivity index (χ2n) is 6.85. The lowest BCUT2D eigenvalue weighted by Gasteiger charge is -2.27. The number of rotatable bonds is 7. The summed E-state index contributed by atoms with van der Waals surface area (Å²) >= 11 is 1.20. The molecule has 0 unspecified atom stereocenters. The van der Waals surface area contributed by atoms with Crippen molar-refractivity contribution in [2.45, 2.75) is 36.4 Å². The maximum Gasteiger partial charge on any atom is 0.250 e. The number of hydrogen-bond donors (Lipinski definition) is 2. The van der Waals surface area contributed by atoms with Gasteiger partial charge in [-0.1, -0.05) is 18.2 Å². The van der Waals surface area contributed by atoms with E-state index < -0.39 is 10.0 Å². The maximum atomic E-state index is 12.9. The Labute approximate surface area is 163 Å². The number of sulfonamides is 1. The molecule has 8 heteroatoms. The van der Waals surface area contributed by atoms with Crippen LogP contribution in [0.25, 0.3) is 0 Å². The summed E-state index contributed by atoms with van der Waals surface area (Å²) in [6.45, 7) is 0.795. The topological polar surface area (TPSA) is 75.3 Å². The van der Waals surface area contributed by atoms with E-state index in [4.69, 9.17) is 0 Å². The molecule has 1 aromatic heterocycles. The summed E-state index contributed by atoms with van der Waals surface area (Å²) in [7, 11) is -3.43. The lowest BCUT2D eigenvalue weighted by molar-refractivity contribution is -0.126. The van der Waals surface area contributed by atoms with E-state index in [1.54, 1.807) is 29.6 Å². The summed E-state index contributed by atoms with van der Waals surface area (Å²) in [4.78, 5) is 12.3. The van der Waals surface area contributed by atoms with Gasteiger partial charge in [0.2, 0.25) is 15.9 Å². The van der Waals surface area contributed by atoms with Crippen molar-refractivity contribution in [3.63, 3.8) is 0 Å². The van der Waals surface area contributed by atoms with Crippen LogP contribution >= 0.6 is 11.3 Å². The van der Waals surface area contributed by atoms with Crippen molar-refractivity contribution in [2.75, 3.05) is 6.54 Å². The van der Waals surface area contributed by atoms with Gasteiger partial charge in [0, 0.05) is 19.0 Å². The van der Waals surface area contributed by atoms with Gasteiger partial charge < -0.3 is 5.32 Å². The first-order chi connectivity index (χ1) is 12.9. The van der Waals surface area contributed by atoms with Gasteiger partial charge in [-0.3, -0.25) is 4.79 Å². The second kappa shape index (κ2) is 8.95. The highest BCUT2D eigenvalue weighted by Crippen LogP contribution is 2.29. The van der Waals surface area contributed by atoms with Crippen molar-refractivity contribution in [3.05, 3.63) is 53.2 Å². The molecule has 146 valence electrons. The normalized spacial score (nSPS) is 20.3. The van der Waals surface area contributed by atoms with Crippen molar-refractivity contribution < 1.29 is 17.6 Å². The number of benzene rings is 1. The number of thiophene rings is 1. The Morgan fingerprint density at radius 1 is 1.11 bits per heavy atom. The third kappa shape index (κ3) is 5.60. The molecule has 5 nitrogen and oxygen atoms in total. The Morgan fingerprint density at radius 2 is 1.81 bits per heavy atom. The summed E-state index contributed by atoms with van der Waals surface area (Å²) in [5.74, 6) is -0.0773. The highest BCUT2D eigenvalue weighted by molar-refractivity contribution is 7.91. The average molecular weight is 411 g/mol. The van der Waals surface area contributed by atoms with E-state index in [0.29, 0.717) is 17.3 Å². The number of carbonyl (C=O) groups excluding carboxylic acids is 1. The fraction of sp³-hybridized carbons (Fsp3) is 0.421. The summed E-state index contributed by atoms with van der Waals surface area (Å²) in [5.41, 5.74) is 0.862. The van der Waals surface area contributed by atoms with Crippen LogP contribution in [0.5, 0.6) is 0 Å². The fourth-order valence-corrected chi connectivity index (χ4v) is 5.43. The number of nitrogens with one attached hydrogen (secondary N) is 2. The summed E-state index contributed by atoms with van der Waals surface area (Å²) in [6, 6.07) is 9.39. The zero-order valence-electron chi connectivity index (χ0n) is 14.9. The quantitative estimate of drug-likeness (QED) is 0.736. The third-order valence-corrected chi connectivity index (χ3v) is 7.74. The predicted molar refractivity (Wildman–Crippen MR) is 103 cm³/mol. The number of hydrogen-bond acceptors (Lipinski definition) is 4. The van der Waals surface area contributed by atoms with Crippen LogP contribution in [0.3, 0.4) is 0 Å². The third-order valence-electron chi connectivity index (χ3n) is 4.92. The molecule has 0 saturated heterocycles. The smallest absolute Gasteiger partial charge is 0.250 e. The SMILES string of the molecule is O=C(NCc1ccc(F)cc1)C1CCC(CNS(=O)(=O)c2cccs2)CC1. The Hall–Kier alpha value is -1.77. The second-order valence-corrected chi connectivity index (χ2v) is 9.79. The molecular weight excluding hydrogens is 387 g/mol. The molecule has 1 aromatic carbocycles. The zero-order valence-corrected chi connectivity index (χ0v) is 16.5. The van der Waals surface area contributed by atoms with E-state index in [-0.39, 0.29) is 23.6 Å². The first kappa shape index (κ1) is 20.0. The Balaban J connectivity index is 1.40. The van der Waals surface area contributed by atoms with E-state index >= 15 is 0 Å². The van der Waals surface area contributed by atoms with E-state index in [0.717, 1.165) is 31.2 Å². The highest BCUT2D eigenvalue weighted by Gasteiger charge is 2.27. The van der Waals surface area contributed by atoms with Crippen LogP contribution in [0.2, 0.25) is 0 Å². The Bertz CT molecular complexity index is 844. The molecule has 0 aliphatic heterocycles. The molecule has 1 heterocycles. The maximum absolute atomic E-state index is 12.9. The lowest BCUT2D eigenvalue weighted by Crippen LogP contribution is -2.35. The van der Waals surface area contributed by atoms with Crippen LogP contribution in [0.4, 0.5) is 4.39 Å². The first-order valence-corrected chi connectivity index (χ1v) is 11.4. The van der Waals surface area contributed by atoms with Crippen LogP contribution in [-0.2, 0) is 21.4 Å². The van der Waals surface area contributed by atoms with Crippen molar-refractivity contribution in [1.29, 1.82) is 0 Å². The van der Waals surface area contributed by atoms with Gasteiger partial charge >= 0.3 is 0 Å². The van der Waals surface area contributed by atoms with Gasteiger partial charge in [-0.05, 0) is 60.7 Å². The van der Waals surface area contributed by atoms with Gasteiger partial charge in [0.1, 0.15) is 10.0 Å². The van der Waals surface area contributed by atoms with Crippen LogP contribution < -0.4 is 10.0 Å². The molecule has 1 aliphatic rings. The van der Waals surface area contributed by atoms with Crippen molar-refractivity contribution >= 4 is 27.3 Å². The Morgan fingerprint density at radius 3 is 2.44 bits per heavy atom. The molecular formula is C19H23FN2O3S2. The van der Waals surface area contributed by atoms with E-state index in [1.807, 2.05) is 0 Å². The number of halogens is 1. The van der Waals surface area contributed by atoms with Crippen molar-refractivity contribution in [2.24, 2.45) is 11.8 Å².